The third-order valence-corrected chi connectivity index (χ3v) is 3.97. The maximum absolute atomic E-state index is 2.00. The molecule has 0 aromatic heterocycles. The molecule has 0 unspecified atom stereocenters. The van der Waals surface area contributed by atoms with Gasteiger partial charge in [-0.05, 0) is 11.8 Å². The van der Waals surface area contributed by atoms with Crippen LogP contribution in [0.3, 0.4) is 0 Å². The van der Waals surface area contributed by atoms with Crippen molar-refractivity contribution in [1.82, 2.24) is 0 Å². The molecule has 2 fully saturated rings. The van der Waals surface area contributed by atoms with Gasteiger partial charge >= 0.3 is 0 Å². The van der Waals surface area contributed by atoms with E-state index >= 15 is 0 Å². The Labute approximate surface area is 125 Å². The first-order chi connectivity index (χ1) is 8.97. The lowest BCUT2D eigenvalue weighted by molar-refractivity contribution is 0.196. The molecule has 19 heavy (non-hydrogen) atoms. The van der Waals surface area contributed by atoms with Crippen molar-refractivity contribution < 1.29 is 6.90 Å². The highest BCUT2D eigenvalue weighted by Crippen LogP contribution is 2.37. The number of hydrogen-bond donors (Lipinski definition) is 0. The molecule has 0 aromatic rings. The Morgan fingerprint density at radius 1 is 0.474 bits per heavy atom. The second-order valence-corrected chi connectivity index (χ2v) is 4.80. The van der Waals surface area contributed by atoms with Gasteiger partial charge in [-0.1, -0.05) is 106 Å². The Hall–Kier alpha value is -0.0400. The molecule has 0 atom stereocenters. The zero-order chi connectivity index (χ0) is 14.2. The molecule has 0 radical (unpaired) electrons. The van der Waals surface area contributed by atoms with Crippen LogP contribution in [0.4, 0.5) is 0 Å². The molecule has 0 spiro atoms. The maximum Gasteiger partial charge on any atom is 0 e. The Morgan fingerprint density at radius 2 is 0.684 bits per heavy atom. The van der Waals surface area contributed by atoms with Crippen LogP contribution in [0.25, 0.3) is 0 Å². The first kappa shape index (κ1) is 24.0. The summed E-state index contributed by atoms with van der Waals surface area (Å²) in [6.45, 7) is 12.0. The summed E-state index contributed by atoms with van der Waals surface area (Å²) in [5.41, 5.74) is 0. The van der Waals surface area contributed by atoms with Crippen molar-refractivity contribution in [3.05, 3.63) is 0 Å². The van der Waals surface area contributed by atoms with E-state index in [1.54, 1.807) is 25.7 Å². The molecule has 0 aliphatic heterocycles. The van der Waals surface area contributed by atoms with Crippen molar-refractivity contribution in [2.75, 3.05) is 0 Å². The van der Waals surface area contributed by atoms with E-state index < -0.39 is 0 Å². The summed E-state index contributed by atoms with van der Waals surface area (Å²) in [6, 6.07) is 0. The molecule has 0 bridgehead atoms. The minimum absolute atomic E-state index is 0. The average Bonchev–Trinajstić information content (AvgIpc) is 2.55. The summed E-state index contributed by atoms with van der Waals surface area (Å²) < 4.78 is 0. The van der Waals surface area contributed by atoms with Gasteiger partial charge in [-0.2, -0.15) is 0 Å². The largest absolute Gasteiger partial charge is 0.412 e. The van der Waals surface area contributed by atoms with Gasteiger partial charge in [-0.3, -0.25) is 0 Å². The zero-order valence-electron chi connectivity index (χ0n) is 14.7. The van der Waals surface area contributed by atoms with Crippen molar-refractivity contribution in [2.24, 2.45) is 11.8 Å². The Bertz CT molecular complexity index is 111. The minimum atomic E-state index is 0. The lowest BCUT2D eigenvalue weighted by atomic mass is 9.73. The van der Waals surface area contributed by atoms with Crippen LogP contribution < -0.4 is 0 Å². The Morgan fingerprint density at radius 3 is 0.895 bits per heavy atom. The van der Waals surface area contributed by atoms with Gasteiger partial charge in [0.2, 0.25) is 0 Å². The van der Waals surface area contributed by atoms with Crippen LogP contribution >= 0.6 is 0 Å². The lowest BCUT2D eigenvalue weighted by Crippen LogP contribution is -2.20. The first-order valence-electron chi connectivity index (χ1n) is 8.97. The summed E-state index contributed by atoms with van der Waals surface area (Å²) in [7, 11) is 0. The maximum atomic E-state index is 2.00. The fraction of sp³-hybridized carbons (Fsp3) is 1.00. The van der Waals surface area contributed by atoms with Crippen LogP contribution in [0.5, 0.6) is 0 Å². The van der Waals surface area contributed by atoms with Gasteiger partial charge in [0.1, 0.15) is 0 Å². The van der Waals surface area contributed by atoms with Crippen LogP contribution in [-0.4, -0.2) is 5.48 Å². The summed E-state index contributed by atoms with van der Waals surface area (Å²) in [5, 5.41) is 0. The monoisotopic (exact) mass is 276 g/mol. The highest BCUT2D eigenvalue weighted by molar-refractivity contribution is 4.76. The molecule has 0 saturated heterocycles. The van der Waals surface area contributed by atoms with Crippen LogP contribution in [-0.2, 0) is 0 Å². The molecule has 2 aliphatic rings. The summed E-state index contributed by atoms with van der Waals surface area (Å²) in [5.74, 6) is 2.28. The predicted molar refractivity (Wildman–Crippen MR) is 92.9 cm³/mol. The van der Waals surface area contributed by atoms with Gasteiger partial charge in [0.15, 0.2) is 0 Å². The molecule has 0 amide bonds. The second-order valence-electron chi connectivity index (χ2n) is 4.80. The summed E-state index contributed by atoms with van der Waals surface area (Å²) in [4.78, 5) is 0. The van der Waals surface area contributed by atoms with E-state index in [4.69, 9.17) is 0 Å². The standard InChI is InChI=1S/C12H22.3C2H6.H2O.H2/c1-3-7-11(8-4-1)12-9-5-2-6-10-12;3*1-2;;/h11-12H,1-10H2;3*1-2H3;1H2;1H. The fourth-order valence-electron chi connectivity index (χ4n) is 3.21. The minimum Gasteiger partial charge on any atom is -0.412 e. The van der Waals surface area contributed by atoms with Crippen molar-refractivity contribution in [3.8, 4) is 0 Å². The molecule has 1 heteroatoms. The zero-order valence-corrected chi connectivity index (χ0v) is 14.7. The average molecular weight is 277 g/mol. The molecule has 2 aliphatic carbocycles. The second kappa shape index (κ2) is 20.3. The van der Waals surface area contributed by atoms with E-state index in [1.807, 2.05) is 41.5 Å². The molecule has 2 N–H and O–H groups in total. The molecule has 0 aromatic carbocycles. The van der Waals surface area contributed by atoms with Gasteiger partial charge in [-0.25, -0.2) is 0 Å². The van der Waals surface area contributed by atoms with Crippen LogP contribution in [0.15, 0.2) is 0 Å². The fourth-order valence-corrected chi connectivity index (χ4v) is 3.21. The summed E-state index contributed by atoms with van der Waals surface area (Å²) >= 11 is 0. The van der Waals surface area contributed by atoms with Crippen molar-refractivity contribution in [1.29, 1.82) is 0 Å². The smallest absolute Gasteiger partial charge is 0 e. The number of rotatable bonds is 1. The topological polar surface area (TPSA) is 31.5 Å². The van der Waals surface area contributed by atoms with Crippen LogP contribution in [0.1, 0.15) is 107 Å². The lowest BCUT2D eigenvalue weighted by Gasteiger charge is -2.32. The van der Waals surface area contributed by atoms with Gasteiger partial charge in [0, 0.05) is 1.43 Å². The highest BCUT2D eigenvalue weighted by atomic mass is 16.0. The van der Waals surface area contributed by atoms with Crippen LogP contribution in [0, 0.1) is 11.8 Å². The predicted octanol–water partition coefficient (Wildman–Crippen LogP) is 6.65. The van der Waals surface area contributed by atoms with E-state index in [0.717, 1.165) is 11.8 Å². The van der Waals surface area contributed by atoms with Crippen molar-refractivity contribution >= 4 is 0 Å². The quantitative estimate of drug-likeness (QED) is 0.513. The van der Waals surface area contributed by atoms with E-state index in [2.05, 4.69) is 0 Å². The van der Waals surface area contributed by atoms with Gasteiger partial charge in [-0.15, -0.1) is 0 Å². The van der Waals surface area contributed by atoms with Gasteiger partial charge in [0.05, 0.1) is 0 Å². The highest BCUT2D eigenvalue weighted by Gasteiger charge is 2.24. The normalized spacial score (nSPS) is 19.3. The van der Waals surface area contributed by atoms with Crippen LogP contribution in [0.2, 0.25) is 0 Å². The Balaban J connectivity index is -0.000000143. The molecular weight excluding hydrogens is 232 g/mol. The molecule has 2 rings (SSSR count). The van der Waals surface area contributed by atoms with Crippen molar-refractivity contribution in [2.45, 2.75) is 106 Å². The van der Waals surface area contributed by atoms with Gasteiger partial charge in [0.25, 0.3) is 0 Å². The van der Waals surface area contributed by atoms with Gasteiger partial charge < -0.3 is 5.48 Å². The molecule has 1 nitrogen and oxygen atoms in total. The van der Waals surface area contributed by atoms with E-state index in [-0.39, 0.29) is 6.90 Å². The molecular formula is C18H44O. The van der Waals surface area contributed by atoms with E-state index in [1.165, 1.54) is 38.5 Å². The SMILES string of the molecule is C1CCC(C2CCCCC2)CC1.CC.CC.CC.O.[HH]. The summed E-state index contributed by atoms with van der Waals surface area (Å²) in [6.07, 6.45) is 15.4. The Kier molecular flexibility index (Phi) is 25.6. The first-order valence-corrected chi connectivity index (χ1v) is 8.97. The molecule has 2 saturated carbocycles. The third kappa shape index (κ3) is 11.5. The van der Waals surface area contributed by atoms with E-state index in [9.17, 15) is 0 Å². The molecule has 122 valence electrons. The third-order valence-electron chi connectivity index (χ3n) is 3.97. The van der Waals surface area contributed by atoms with E-state index in [0.29, 0.717) is 0 Å². The molecule has 0 heterocycles. The van der Waals surface area contributed by atoms with Crippen molar-refractivity contribution in [3.63, 3.8) is 0 Å². The number of hydrogen-bond acceptors (Lipinski definition) is 0.